The fraction of sp³-hybridized carbons (Fsp3) is 0.111. The van der Waals surface area contributed by atoms with Crippen LogP contribution in [0, 0.1) is 13.8 Å². The molecule has 3 N–H and O–H groups in total. The van der Waals surface area contributed by atoms with Crippen LogP contribution >= 0.6 is 11.3 Å². The summed E-state index contributed by atoms with van der Waals surface area (Å²) >= 11 is 1.37. The van der Waals surface area contributed by atoms with Crippen molar-refractivity contribution in [3.63, 3.8) is 0 Å². The molecule has 26 heavy (non-hydrogen) atoms. The van der Waals surface area contributed by atoms with Crippen molar-refractivity contribution in [3.8, 4) is 10.4 Å². The number of benzene rings is 2. The van der Waals surface area contributed by atoms with Crippen molar-refractivity contribution in [1.82, 2.24) is 4.98 Å². The van der Waals surface area contributed by atoms with Crippen LogP contribution in [0.4, 0.5) is 5.13 Å². The van der Waals surface area contributed by atoms with Crippen molar-refractivity contribution in [3.05, 3.63) is 65.4 Å². The Morgan fingerprint density at radius 1 is 1.12 bits per heavy atom. The lowest BCUT2D eigenvalue weighted by Gasteiger charge is -2.07. The molecule has 3 rings (SSSR count). The summed E-state index contributed by atoms with van der Waals surface area (Å²) in [4.78, 5) is 17.9. The molecule has 3 aromatic rings. The van der Waals surface area contributed by atoms with Gasteiger partial charge >= 0.3 is 0 Å². The lowest BCUT2D eigenvalue weighted by Crippen LogP contribution is -2.17. The zero-order valence-corrected chi connectivity index (χ0v) is 15.8. The Morgan fingerprint density at radius 2 is 1.81 bits per heavy atom. The number of primary sulfonamides is 1. The summed E-state index contributed by atoms with van der Waals surface area (Å²) in [6, 6.07) is 14.0. The summed E-state index contributed by atoms with van der Waals surface area (Å²) < 4.78 is 23.0. The predicted octanol–water partition coefficient (Wildman–Crippen LogP) is 3.33. The molecule has 0 fully saturated rings. The zero-order chi connectivity index (χ0) is 18.9. The number of thiazole rings is 1. The van der Waals surface area contributed by atoms with Gasteiger partial charge in [0, 0.05) is 5.56 Å². The van der Waals surface area contributed by atoms with E-state index in [1.165, 1.54) is 23.5 Å². The Balaban J connectivity index is 1.90. The number of amides is 1. The van der Waals surface area contributed by atoms with Crippen LogP contribution in [-0.2, 0) is 10.0 Å². The van der Waals surface area contributed by atoms with Crippen LogP contribution in [0.25, 0.3) is 10.4 Å². The highest BCUT2D eigenvalue weighted by Gasteiger charge is 2.17. The molecule has 1 aromatic heterocycles. The first-order valence-electron chi connectivity index (χ1n) is 7.73. The predicted molar refractivity (Wildman–Crippen MR) is 103 cm³/mol. The van der Waals surface area contributed by atoms with Gasteiger partial charge in [-0.25, -0.2) is 18.5 Å². The molecular formula is C18H17N3O3S2. The van der Waals surface area contributed by atoms with Crippen LogP contribution in [-0.4, -0.2) is 19.3 Å². The number of rotatable bonds is 4. The van der Waals surface area contributed by atoms with E-state index in [1.807, 2.05) is 37.3 Å². The summed E-state index contributed by atoms with van der Waals surface area (Å²) in [6.45, 7) is 3.60. The van der Waals surface area contributed by atoms with Crippen molar-refractivity contribution >= 4 is 32.4 Å². The lowest BCUT2D eigenvalue weighted by atomic mass is 10.1. The Labute approximate surface area is 155 Å². The monoisotopic (exact) mass is 387 g/mol. The van der Waals surface area contributed by atoms with E-state index in [-0.39, 0.29) is 10.5 Å². The van der Waals surface area contributed by atoms with Crippen molar-refractivity contribution < 1.29 is 13.2 Å². The first kappa shape index (κ1) is 18.2. The minimum Gasteiger partial charge on any atom is -0.298 e. The Morgan fingerprint density at radius 3 is 2.46 bits per heavy atom. The van der Waals surface area contributed by atoms with E-state index in [0.717, 1.165) is 16.1 Å². The molecule has 0 spiro atoms. The number of carbonyl (C=O) groups excluding carboxylic acids is 1. The maximum absolute atomic E-state index is 12.6. The summed E-state index contributed by atoms with van der Waals surface area (Å²) in [5, 5.41) is 8.34. The molecule has 2 aromatic carbocycles. The fourth-order valence-corrected chi connectivity index (χ4v) is 4.00. The van der Waals surface area contributed by atoms with Gasteiger partial charge in [-0.1, -0.05) is 47.7 Å². The van der Waals surface area contributed by atoms with Gasteiger partial charge in [0.05, 0.1) is 15.5 Å². The Hall–Kier alpha value is -2.55. The number of hydrogen-bond acceptors (Lipinski definition) is 5. The van der Waals surface area contributed by atoms with Crippen LogP contribution < -0.4 is 10.5 Å². The van der Waals surface area contributed by atoms with E-state index in [1.54, 1.807) is 13.0 Å². The number of nitrogens with zero attached hydrogens (tertiary/aromatic N) is 1. The third-order valence-electron chi connectivity index (χ3n) is 3.84. The number of aromatic nitrogens is 1. The van der Waals surface area contributed by atoms with Gasteiger partial charge in [-0.05, 0) is 37.1 Å². The second kappa shape index (κ2) is 6.99. The number of nitrogens with two attached hydrogens (primary N) is 1. The molecule has 0 aliphatic rings. The van der Waals surface area contributed by atoms with Gasteiger partial charge < -0.3 is 0 Å². The van der Waals surface area contributed by atoms with Crippen molar-refractivity contribution in [2.24, 2.45) is 5.14 Å². The van der Waals surface area contributed by atoms with Crippen molar-refractivity contribution in [1.29, 1.82) is 0 Å². The standard InChI is InChI=1S/C18H17N3O3S2/c1-11-8-9-14(26(19,23)24)10-15(11)17(22)21-18-20-12(2)16(25-18)13-6-4-3-5-7-13/h3-10H,1-2H3,(H2,19,23,24)(H,20,21,22). The summed E-state index contributed by atoms with van der Waals surface area (Å²) in [5.74, 6) is -0.429. The number of hydrogen-bond donors (Lipinski definition) is 2. The minimum absolute atomic E-state index is 0.103. The number of nitrogens with one attached hydrogen (secondary N) is 1. The van der Waals surface area contributed by atoms with Gasteiger partial charge in [0.25, 0.3) is 5.91 Å². The third kappa shape index (κ3) is 3.82. The van der Waals surface area contributed by atoms with Gasteiger partial charge in [-0.15, -0.1) is 0 Å². The Bertz CT molecular complexity index is 1070. The first-order chi connectivity index (χ1) is 12.3. The van der Waals surface area contributed by atoms with Crippen LogP contribution in [0.3, 0.4) is 0 Å². The maximum Gasteiger partial charge on any atom is 0.257 e. The topological polar surface area (TPSA) is 102 Å². The van der Waals surface area contributed by atoms with Gasteiger partial charge in [0.1, 0.15) is 0 Å². The van der Waals surface area contributed by atoms with Crippen molar-refractivity contribution in [2.75, 3.05) is 5.32 Å². The van der Waals surface area contributed by atoms with E-state index in [4.69, 9.17) is 5.14 Å². The van der Waals surface area contributed by atoms with E-state index < -0.39 is 15.9 Å². The number of aryl methyl sites for hydroxylation is 2. The number of anilines is 1. The second-order valence-electron chi connectivity index (χ2n) is 5.78. The first-order valence-corrected chi connectivity index (χ1v) is 10.1. The quantitative estimate of drug-likeness (QED) is 0.717. The SMILES string of the molecule is Cc1ccc(S(N)(=O)=O)cc1C(=O)Nc1nc(C)c(-c2ccccc2)s1. The molecular weight excluding hydrogens is 370 g/mol. The van der Waals surface area contributed by atoms with Gasteiger partial charge in [0.15, 0.2) is 5.13 Å². The lowest BCUT2D eigenvalue weighted by molar-refractivity contribution is 0.102. The molecule has 134 valence electrons. The third-order valence-corrected chi connectivity index (χ3v) is 5.87. The summed E-state index contributed by atoms with van der Waals surface area (Å²) in [6.07, 6.45) is 0. The van der Waals surface area contributed by atoms with Gasteiger partial charge in [-0.2, -0.15) is 0 Å². The van der Waals surface area contributed by atoms with Crippen LogP contribution in [0.2, 0.25) is 0 Å². The average Bonchev–Trinajstić information content (AvgIpc) is 2.95. The molecule has 0 aliphatic heterocycles. The molecule has 1 amide bonds. The van der Waals surface area contributed by atoms with Crippen LogP contribution in [0.1, 0.15) is 21.6 Å². The maximum atomic E-state index is 12.6. The second-order valence-corrected chi connectivity index (χ2v) is 8.34. The molecule has 0 saturated carbocycles. The molecule has 0 unspecified atom stereocenters. The summed E-state index contributed by atoms with van der Waals surface area (Å²) in [5.41, 5.74) is 2.72. The number of carbonyl (C=O) groups is 1. The van der Waals surface area contributed by atoms with Crippen LogP contribution in [0.15, 0.2) is 53.4 Å². The minimum atomic E-state index is -3.88. The van der Waals surface area contributed by atoms with E-state index in [2.05, 4.69) is 10.3 Å². The zero-order valence-electron chi connectivity index (χ0n) is 14.2. The van der Waals surface area contributed by atoms with Gasteiger partial charge in [-0.3, -0.25) is 10.1 Å². The normalized spacial score (nSPS) is 11.3. The van der Waals surface area contributed by atoms with E-state index in [0.29, 0.717) is 10.7 Å². The van der Waals surface area contributed by atoms with E-state index >= 15 is 0 Å². The number of sulfonamides is 1. The van der Waals surface area contributed by atoms with Gasteiger partial charge in [0.2, 0.25) is 10.0 Å². The highest BCUT2D eigenvalue weighted by atomic mass is 32.2. The highest BCUT2D eigenvalue weighted by molar-refractivity contribution is 7.89. The molecule has 0 aliphatic carbocycles. The Kier molecular flexibility index (Phi) is 4.90. The molecule has 1 heterocycles. The largest absolute Gasteiger partial charge is 0.298 e. The smallest absolute Gasteiger partial charge is 0.257 e. The fourth-order valence-electron chi connectivity index (χ4n) is 2.49. The molecule has 6 nitrogen and oxygen atoms in total. The molecule has 0 bridgehead atoms. The van der Waals surface area contributed by atoms with Crippen LogP contribution in [0.5, 0.6) is 0 Å². The van der Waals surface area contributed by atoms with Crippen molar-refractivity contribution in [2.45, 2.75) is 18.7 Å². The molecule has 8 heteroatoms. The molecule has 0 saturated heterocycles. The summed E-state index contributed by atoms with van der Waals surface area (Å²) in [7, 11) is -3.88. The molecule has 0 atom stereocenters. The average molecular weight is 387 g/mol. The van der Waals surface area contributed by atoms with E-state index in [9.17, 15) is 13.2 Å². The highest BCUT2D eigenvalue weighted by Crippen LogP contribution is 2.32. The molecule has 0 radical (unpaired) electrons.